The molecule has 0 amide bonds. The van der Waals surface area contributed by atoms with Gasteiger partial charge in [-0.25, -0.2) is 24.9 Å². The van der Waals surface area contributed by atoms with Crippen molar-refractivity contribution in [3.63, 3.8) is 0 Å². The second kappa shape index (κ2) is 12.7. The number of aromatic nitrogens is 6. The molecule has 0 aliphatic carbocycles. The zero-order valence-corrected chi connectivity index (χ0v) is 29.9. The van der Waals surface area contributed by atoms with E-state index in [4.69, 9.17) is 25.7 Å². The first-order valence-electron chi connectivity index (χ1n) is 18.4. The van der Waals surface area contributed by atoms with Crippen molar-refractivity contribution >= 4 is 54.5 Å². The van der Waals surface area contributed by atoms with Crippen LogP contribution in [-0.4, -0.2) is 29.5 Å². The van der Waals surface area contributed by atoms with Crippen molar-refractivity contribution in [2.24, 2.45) is 0 Å². The summed E-state index contributed by atoms with van der Waals surface area (Å²) in [6, 6.07) is 55.5. The molecule has 4 heterocycles. The molecule has 11 rings (SSSR count). The van der Waals surface area contributed by atoms with Gasteiger partial charge in [-0.05, 0) is 77.9 Å². The van der Waals surface area contributed by atoms with E-state index in [9.17, 15) is 0 Å². The SMILES string of the molecule is [2H]c1nc2cc(-n3c4ccccc4c4cc(-c5cccc(-c6nc7ccc(-c8nc(-c9ccccc9)nc(-c9ccccc9)n8)cc7o6)c5)ccc43)ccc2s1. The summed E-state index contributed by atoms with van der Waals surface area (Å²) in [4.78, 5) is 24.0. The highest BCUT2D eigenvalue weighted by atomic mass is 32.1. The van der Waals surface area contributed by atoms with Crippen LogP contribution < -0.4 is 0 Å². The lowest BCUT2D eigenvalue weighted by atomic mass is 10.0. The highest BCUT2D eigenvalue weighted by Crippen LogP contribution is 2.37. The van der Waals surface area contributed by atoms with Crippen LogP contribution >= 0.6 is 11.3 Å². The van der Waals surface area contributed by atoms with Crippen LogP contribution in [0.5, 0.6) is 0 Å². The van der Waals surface area contributed by atoms with Gasteiger partial charge in [0.2, 0.25) is 5.89 Å². The van der Waals surface area contributed by atoms with Gasteiger partial charge in [-0.15, -0.1) is 11.3 Å². The average molecular weight is 726 g/mol. The fourth-order valence-electron chi connectivity index (χ4n) is 7.33. The monoisotopic (exact) mass is 725 g/mol. The second-order valence-corrected chi connectivity index (χ2v) is 14.2. The normalized spacial score (nSPS) is 11.9. The van der Waals surface area contributed by atoms with E-state index in [0.717, 1.165) is 71.2 Å². The number of fused-ring (bicyclic) bond motifs is 5. The zero-order valence-electron chi connectivity index (χ0n) is 30.1. The first-order valence-corrected chi connectivity index (χ1v) is 18.7. The third-order valence-electron chi connectivity index (χ3n) is 9.98. The number of hydrogen-bond acceptors (Lipinski definition) is 7. The highest BCUT2D eigenvalue weighted by molar-refractivity contribution is 7.16. The average Bonchev–Trinajstić information content (AvgIpc) is 3.96. The van der Waals surface area contributed by atoms with Crippen LogP contribution in [0, 0.1) is 0 Å². The number of hydrogen-bond donors (Lipinski definition) is 0. The molecule has 55 heavy (non-hydrogen) atoms. The van der Waals surface area contributed by atoms with E-state index in [-0.39, 0.29) is 0 Å². The van der Waals surface area contributed by atoms with Gasteiger partial charge in [0.05, 0.1) is 28.1 Å². The molecule has 0 radical (unpaired) electrons. The van der Waals surface area contributed by atoms with Gasteiger partial charge < -0.3 is 8.98 Å². The van der Waals surface area contributed by atoms with Gasteiger partial charge in [-0.3, -0.25) is 0 Å². The number of rotatable bonds is 6. The van der Waals surface area contributed by atoms with E-state index >= 15 is 0 Å². The maximum atomic E-state index is 8.02. The molecule has 0 unspecified atom stereocenters. The third kappa shape index (κ3) is 5.47. The van der Waals surface area contributed by atoms with Gasteiger partial charge >= 0.3 is 0 Å². The van der Waals surface area contributed by atoms with Gasteiger partial charge in [0.25, 0.3) is 0 Å². The van der Waals surface area contributed by atoms with Crippen molar-refractivity contribution in [1.82, 2.24) is 29.5 Å². The largest absolute Gasteiger partial charge is 0.436 e. The Hall–Kier alpha value is -7.29. The summed E-state index contributed by atoms with van der Waals surface area (Å²) < 4.78 is 17.8. The Morgan fingerprint density at radius 1 is 0.473 bits per heavy atom. The molecule has 0 spiro atoms. The Morgan fingerprint density at radius 2 is 1.13 bits per heavy atom. The number of para-hydroxylation sites is 1. The summed E-state index contributed by atoms with van der Waals surface area (Å²) in [6.45, 7) is 0. The summed E-state index contributed by atoms with van der Waals surface area (Å²) in [5.74, 6) is 2.30. The fourth-order valence-corrected chi connectivity index (χ4v) is 7.91. The third-order valence-corrected chi connectivity index (χ3v) is 10.7. The van der Waals surface area contributed by atoms with Gasteiger partial charge in [0.15, 0.2) is 23.1 Å². The predicted octanol–water partition coefficient (Wildman–Crippen LogP) is 12.1. The van der Waals surface area contributed by atoms with Crippen LogP contribution in [0.3, 0.4) is 0 Å². The van der Waals surface area contributed by atoms with E-state index in [1.165, 1.54) is 16.7 Å². The Balaban J connectivity index is 0.964. The minimum absolute atomic E-state index is 0.323. The Kier molecular flexibility index (Phi) is 6.97. The molecule has 0 aliphatic rings. The molecule has 7 aromatic carbocycles. The van der Waals surface area contributed by atoms with Crippen molar-refractivity contribution in [1.29, 1.82) is 0 Å². The van der Waals surface area contributed by atoms with Crippen LogP contribution in [0.15, 0.2) is 174 Å². The summed E-state index contributed by atoms with van der Waals surface area (Å²) in [6.07, 6.45) is 0. The lowest BCUT2D eigenvalue weighted by Crippen LogP contribution is -2.00. The van der Waals surface area contributed by atoms with E-state index < -0.39 is 0 Å². The minimum Gasteiger partial charge on any atom is -0.436 e. The summed E-state index contributed by atoms with van der Waals surface area (Å²) in [5.41, 5.74) is 11.5. The second-order valence-electron chi connectivity index (χ2n) is 13.4. The van der Waals surface area contributed by atoms with Gasteiger partial charge in [-0.1, -0.05) is 97.1 Å². The smallest absolute Gasteiger partial charge is 0.227 e. The summed E-state index contributed by atoms with van der Waals surface area (Å²) in [7, 11) is 0. The Bertz CT molecular complexity index is 3220. The molecule has 0 saturated carbocycles. The van der Waals surface area contributed by atoms with Crippen molar-refractivity contribution in [3.05, 3.63) is 169 Å². The van der Waals surface area contributed by atoms with Crippen LogP contribution in [0.1, 0.15) is 1.37 Å². The minimum atomic E-state index is 0.323. The van der Waals surface area contributed by atoms with Crippen molar-refractivity contribution in [3.8, 4) is 62.4 Å². The molecular weight excluding hydrogens is 697 g/mol. The van der Waals surface area contributed by atoms with Crippen molar-refractivity contribution in [2.75, 3.05) is 0 Å². The maximum absolute atomic E-state index is 8.02. The molecule has 0 aliphatic heterocycles. The lowest BCUT2D eigenvalue weighted by molar-refractivity contribution is 0.620. The Morgan fingerprint density at radius 3 is 1.93 bits per heavy atom. The molecule has 0 atom stereocenters. The summed E-state index contributed by atoms with van der Waals surface area (Å²) >= 11 is 1.39. The molecule has 8 heteroatoms. The van der Waals surface area contributed by atoms with Crippen LogP contribution in [0.25, 0.3) is 106 Å². The van der Waals surface area contributed by atoms with E-state index in [1.54, 1.807) is 0 Å². The van der Waals surface area contributed by atoms with E-state index in [1.807, 2.05) is 91.0 Å². The van der Waals surface area contributed by atoms with Crippen LogP contribution in [-0.2, 0) is 0 Å². The van der Waals surface area contributed by atoms with Crippen LogP contribution in [0.2, 0.25) is 0 Å². The molecule has 258 valence electrons. The fraction of sp³-hybridized carbons (Fsp3) is 0. The highest BCUT2D eigenvalue weighted by Gasteiger charge is 2.17. The molecule has 0 saturated heterocycles. The quantitative estimate of drug-likeness (QED) is 0.170. The molecule has 4 aromatic heterocycles. The first-order chi connectivity index (χ1) is 27.6. The number of oxazole rings is 1. The topological polar surface area (TPSA) is 82.5 Å². The van der Waals surface area contributed by atoms with Crippen molar-refractivity contribution < 1.29 is 5.79 Å². The maximum Gasteiger partial charge on any atom is 0.227 e. The van der Waals surface area contributed by atoms with E-state index in [2.05, 4.69) is 82.3 Å². The molecule has 0 N–H and O–H groups in total. The van der Waals surface area contributed by atoms with Crippen molar-refractivity contribution in [2.45, 2.75) is 0 Å². The van der Waals surface area contributed by atoms with Gasteiger partial charge in [0.1, 0.15) is 5.52 Å². The molecule has 0 fully saturated rings. The predicted molar refractivity (Wildman–Crippen MR) is 222 cm³/mol. The lowest BCUT2D eigenvalue weighted by Gasteiger charge is -2.09. The van der Waals surface area contributed by atoms with Gasteiger partial charge in [0, 0.05) is 38.7 Å². The van der Waals surface area contributed by atoms with Crippen LogP contribution in [0.4, 0.5) is 0 Å². The Labute approximate surface area is 320 Å². The molecule has 0 bridgehead atoms. The number of benzene rings is 7. The molecular formula is C47H28N6OS. The summed E-state index contributed by atoms with van der Waals surface area (Å²) in [5, 5.41) is 2.32. The first kappa shape index (κ1) is 30.2. The standard InChI is InChI=1S/C47H28N6OS/c1-3-10-29(11-4-1)44-50-45(30-12-5-2-6-13-30)52-46(51-44)33-18-21-38-42(26-33)54-47(49-38)34-15-9-14-31(24-34)32-19-22-41-37(25-32)36-16-7-8-17-40(36)53(41)35-20-23-43-39(27-35)48-28-55-43/h1-28H/i28D. The molecule has 7 nitrogen and oxygen atoms in total. The molecule has 11 aromatic rings. The van der Waals surface area contributed by atoms with E-state index in [0.29, 0.717) is 34.4 Å². The van der Waals surface area contributed by atoms with Gasteiger partial charge in [-0.2, -0.15) is 0 Å². The zero-order chi connectivity index (χ0) is 37.2. The number of nitrogens with zero attached hydrogens (tertiary/aromatic N) is 6. The number of thiazole rings is 1.